The summed E-state index contributed by atoms with van der Waals surface area (Å²) in [5.74, 6) is -2.96. The fourth-order valence-corrected chi connectivity index (χ4v) is 1.92. The van der Waals surface area contributed by atoms with Crippen LogP contribution in [0.15, 0.2) is 18.2 Å². The van der Waals surface area contributed by atoms with Gasteiger partial charge in [0.1, 0.15) is 5.75 Å². The van der Waals surface area contributed by atoms with E-state index in [1.54, 1.807) is 6.92 Å². The first kappa shape index (κ1) is 18.8. The molecule has 0 spiro atoms. The molecule has 0 amide bonds. The third-order valence-electron chi connectivity index (χ3n) is 2.81. The minimum absolute atomic E-state index is 0.101. The number of carbonyl (C=O) groups excluding carboxylic acids is 1. The predicted molar refractivity (Wildman–Crippen MR) is 70.7 cm³/mol. The number of ether oxygens (including phenoxy) is 2. The minimum atomic E-state index is -4.99. The molecule has 0 bridgehead atoms. The van der Waals surface area contributed by atoms with Gasteiger partial charge >= 0.3 is 18.3 Å². The van der Waals surface area contributed by atoms with Crippen molar-refractivity contribution in [2.45, 2.75) is 32.2 Å². The number of hydrogen-bond donors (Lipinski definition) is 2. The van der Waals surface area contributed by atoms with Crippen molar-refractivity contribution in [3.05, 3.63) is 29.3 Å². The average molecular weight is 336 g/mol. The van der Waals surface area contributed by atoms with E-state index in [-0.39, 0.29) is 30.6 Å². The summed E-state index contributed by atoms with van der Waals surface area (Å²) < 4.78 is 45.8. The van der Waals surface area contributed by atoms with Crippen molar-refractivity contribution in [3.63, 3.8) is 0 Å². The quantitative estimate of drug-likeness (QED) is 0.742. The van der Waals surface area contributed by atoms with Crippen LogP contribution in [0, 0.1) is 0 Å². The molecule has 1 rings (SSSR count). The first-order valence-corrected chi connectivity index (χ1v) is 6.59. The lowest BCUT2D eigenvalue weighted by molar-refractivity contribution is -0.274. The number of aliphatic hydroxyl groups excluding tert-OH is 1. The van der Waals surface area contributed by atoms with Gasteiger partial charge in [0.25, 0.3) is 0 Å². The Morgan fingerprint density at radius 1 is 1.30 bits per heavy atom. The molecule has 1 aromatic rings. The second-order valence-corrected chi connectivity index (χ2v) is 4.42. The van der Waals surface area contributed by atoms with Crippen LogP contribution >= 0.6 is 0 Å². The molecule has 0 saturated carbocycles. The zero-order valence-electron chi connectivity index (χ0n) is 12.1. The van der Waals surface area contributed by atoms with Crippen molar-refractivity contribution in [2.24, 2.45) is 0 Å². The average Bonchev–Trinajstić information content (AvgIpc) is 2.43. The number of carboxylic acid groups (broad SMARTS) is 1. The van der Waals surface area contributed by atoms with E-state index < -0.39 is 30.2 Å². The number of aliphatic carboxylic acids is 1. The number of aliphatic hydroxyl groups is 1. The molecule has 128 valence electrons. The van der Waals surface area contributed by atoms with Crippen LogP contribution in [0.4, 0.5) is 13.2 Å². The Kier molecular flexibility index (Phi) is 6.38. The summed E-state index contributed by atoms with van der Waals surface area (Å²) >= 11 is 0. The molecule has 23 heavy (non-hydrogen) atoms. The largest absolute Gasteiger partial charge is 0.573 e. The van der Waals surface area contributed by atoms with Crippen LogP contribution in [0.3, 0.4) is 0 Å². The maximum Gasteiger partial charge on any atom is 0.573 e. The lowest BCUT2D eigenvalue weighted by atomic mass is 9.97. The van der Waals surface area contributed by atoms with Gasteiger partial charge in [0.2, 0.25) is 0 Å². The Bertz CT molecular complexity index is 570. The third kappa shape index (κ3) is 5.78. The normalized spacial score (nSPS) is 12.6. The zero-order valence-corrected chi connectivity index (χ0v) is 12.1. The van der Waals surface area contributed by atoms with E-state index in [0.717, 1.165) is 18.2 Å². The topological polar surface area (TPSA) is 93.1 Å². The molecule has 0 heterocycles. The van der Waals surface area contributed by atoms with Crippen molar-refractivity contribution < 1.29 is 42.4 Å². The number of rotatable bonds is 7. The highest BCUT2D eigenvalue weighted by molar-refractivity contribution is 5.75. The molecule has 0 aromatic heterocycles. The van der Waals surface area contributed by atoms with Crippen LogP contribution < -0.4 is 4.74 Å². The van der Waals surface area contributed by atoms with Gasteiger partial charge in [-0.2, -0.15) is 0 Å². The molecule has 0 fully saturated rings. The van der Waals surface area contributed by atoms with Crippen LogP contribution in [-0.4, -0.2) is 35.1 Å². The molecular formula is C14H15F3O6. The SMILES string of the molecule is CCOC(=O)CCc1c(OC(F)(F)F)cccc1C(O)C(=O)O. The van der Waals surface area contributed by atoms with Crippen LogP contribution in [0.5, 0.6) is 5.75 Å². The maximum absolute atomic E-state index is 12.4. The highest BCUT2D eigenvalue weighted by Crippen LogP contribution is 2.32. The molecule has 9 heteroatoms. The summed E-state index contributed by atoms with van der Waals surface area (Å²) in [6.45, 7) is 1.67. The van der Waals surface area contributed by atoms with Crippen molar-refractivity contribution in [1.29, 1.82) is 0 Å². The van der Waals surface area contributed by atoms with Crippen LogP contribution in [0.25, 0.3) is 0 Å². The predicted octanol–water partition coefficient (Wildman–Crippen LogP) is 2.20. The number of hydrogen-bond acceptors (Lipinski definition) is 5. The Morgan fingerprint density at radius 3 is 2.48 bits per heavy atom. The number of carbonyl (C=O) groups is 2. The fraction of sp³-hybridized carbons (Fsp3) is 0.429. The van der Waals surface area contributed by atoms with Gasteiger partial charge in [0.15, 0.2) is 6.10 Å². The van der Waals surface area contributed by atoms with Crippen molar-refractivity contribution in [1.82, 2.24) is 0 Å². The van der Waals surface area contributed by atoms with Crippen molar-refractivity contribution in [3.8, 4) is 5.75 Å². The highest BCUT2D eigenvalue weighted by atomic mass is 19.4. The van der Waals surface area contributed by atoms with E-state index in [2.05, 4.69) is 9.47 Å². The van der Waals surface area contributed by atoms with Crippen molar-refractivity contribution in [2.75, 3.05) is 6.61 Å². The minimum Gasteiger partial charge on any atom is -0.479 e. The Morgan fingerprint density at radius 2 is 1.96 bits per heavy atom. The van der Waals surface area contributed by atoms with E-state index in [0.29, 0.717) is 0 Å². The monoisotopic (exact) mass is 336 g/mol. The molecule has 1 aromatic carbocycles. The smallest absolute Gasteiger partial charge is 0.479 e. The molecule has 1 atom stereocenters. The number of halogens is 3. The molecule has 0 radical (unpaired) electrons. The first-order valence-electron chi connectivity index (χ1n) is 6.59. The third-order valence-corrected chi connectivity index (χ3v) is 2.81. The van der Waals surface area contributed by atoms with Crippen LogP contribution in [-0.2, 0) is 20.7 Å². The van der Waals surface area contributed by atoms with Gasteiger partial charge < -0.3 is 19.7 Å². The Hall–Kier alpha value is -2.29. The summed E-state index contributed by atoms with van der Waals surface area (Å²) in [4.78, 5) is 22.2. The molecule has 0 saturated heterocycles. The van der Waals surface area contributed by atoms with E-state index in [1.165, 1.54) is 0 Å². The van der Waals surface area contributed by atoms with Gasteiger partial charge in [-0.15, -0.1) is 13.2 Å². The van der Waals surface area contributed by atoms with Crippen LogP contribution in [0.1, 0.15) is 30.6 Å². The molecule has 2 N–H and O–H groups in total. The summed E-state index contributed by atoms with van der Waals surface area (Å²) in [6, 6.07) is 3.25. The number of alkyl halides is 3. The van der Waals surface area contributed by atoms with Gasteiger partial charge in [-0.25, -0.2) is 4.79 Å². The summed E-state index contributed by atoms with van der Waals surface area (Å²) in [6.07, 6.45) is -7.59. The summed E-state index contributed by atoms with van der Waals surface area (Å²) in [5.41, 5.74) is -0.490. The number of benzene rings is 1. The summed E-state index contributed by atoms with van der Waals surface area (Å²) in [7, 11) is 0. The zero-order chi connectivity index (χ0) is 17.6. The van der Waals surface area contributed by atoms with E-state index in [1.807, 2.05) is 0 Å². The lowest BCUT2D eigenvalue weighted by Crippen LogP contribution is -2.20. The van der Waals surface area contributed by atoms with Gasteiger partial charge in [0.05, 0.1) is 6.61 Å². The second kappa shape index (κ2) is 7.82. The van der Waals surface area contributed by atoms with Gasteiger partial charge in [-0.05, 0) is 25.0 Å². The Labute approximate surface area is 129 Å². The standard InChI is InChI=1S/C14H15F3O6/c1-2-22-11(18)7-6-8-9(12(19)13(20)21)4-3-5-10(8)23-14(15,16)17/h3-5,12,19H,2,6-7H2,1H3,(H,20,21). The van der Waals surface area contributed by atoms with Gasteiger partial charge in [-0.3, -0.25) is 4.79 Å². The van der Waals surface area contributed by atoms with E-state index in [9.17, 15) is 27.9 Å². The summed E-state index contributed by atoms with van der Waals surface area (Å²) in [5, 5.41) is 18.5. The van der Waals surface area contributed by atoms with E-state index >= 15 is 0 Å². The van der Waals surface area contributed by atoms with E-state index in [4.69, 9.17) is 5.11 Å². The second-order valence-electron chi connectivity index (χ2n) is 4.42. The first-order chi connectivity index (χ1) is 10.7. The molecule has 6 nitrogen and oxygen atoms in total. The molecule has 0 aliphatic carbocycles. The Balaban J connectivity index is 3.17. The van der Waals surface area contributed by atoms with Gasteiger partial charge in [0, 0.05) is 12.0 Å². The lowest BCUT2D eigenvalue weighted by Gasteiger charge is -2.18. The number of esters is 1. The van der Waals surface area contributed by atoms with Gasteiger partial charge in [-0.1, -0.05) is 12.1 Å². The molecule has 0 aliphatic rings. The molecule has 0 aliphatic heterocycles. The highest BCUT2D eigenvalue weighted by Gasteiger charge is 2.33. The van der Waals surface area contributed by atoms with Crippen molar-refractivity contribution >= 4 is 11.9 Å². The maximum atomic E-state index is 12.4. The molecule has 1 unspecified atom stereocenters. The molecular weight excluding hydrogens is 321 g/mol. The number of carboxylic acids is 1. The van der Waals surface area contributed by atoms with Crippen LogP contribution in [0.2, 0.25) is 0 Å². The fourth-order valence-electron chi connectivity index (χ4n) is 1.92.